The third-order valence-electron chi connectivity index (χ3n) is 3.94. The van der Waals surface area contributed by atoms with Crippen molar-refractivity contribution in [2.24, 2.45) is 5.41 Å². The number of thiazole rings is 1. The fourth-order valence-electron chi connectivity index (χ4n) is 2.81. The Morgan fingerprint density at radius 2 is 2.22 bits per heavy atom. The lowest BCUT2D eigenvalue weighted by Crippen LogP contribution is -2.39. The van der Waals surface area contributed by atoms with Crippen LogP contribution in [0.4, 0.5) is 0 Å². The van der Waals surface area contributed by atoms with Crippen LogP contribution in [0, 0.1) is 12.3 Å². The minimum Gasteiger partial charge on any atom is -0.307 e. The predicted molar refractivity (Wildman–Crippen MR) is 78.1 cm³/mol. The van der Waals surface area contributed by atoms with E-state index in [-0.39, 0.29) is 0 Å². The van der Waals surface area contributed by atoms with Crippen molar-refractivity contribution in [1.82, 2.24) is 10.3 Å². The van der Waals surface area contributed by atoms with Crippen LogP contribution >= 0.6 is 11.3 Å². The molecule has 0 aliphatic carbocycles. The molecule has 0 bridgehead atoms. The number of benzene rings is 1. The van der Waals surface area contributed by atoms with E-state index < -0.39 is 0 Å². The van der Waals surface area contributed by atoms with Gasteiger partial charge in [-0.05, 0) is 49.4 Å². The Morgan fingerprint density at radius 1 is 1.39 bits per heavy atom. The van der Waals surface area contributed by atoms with Crippen molar-refractivity contribution < 1.29 is 0 Å². The van der Waals surface area contributed by atoms with E-state index in [1.54, 1.807) is 0 Å². The summed E-state index contributed by atoms with van der Waals surface area (Å²) < 4.78 is 1.31. The average Bonchev–Trinajstić information content (AvgIpc) is 2.70. The number of aromatic nitrogens is 1. The fraction of sp³-hybridized carbons (Fsp3) is 0.533. The first kappa shape index (κ1) is 12.1. The van der Waals surface area contributed by atoms with Crippen molar-refractivity contribution in [3.05, 3.63) is 28.8 Å². The van der Waals surface area contributed by atoms with Gasteiger partial charge in [0.2, 0.25) is 0 Å². The average molecular weight is 260 g/mol. The highest BCUT2D eigenvalue weighted by atomic mass is 32.1. The number of hydrogen-bond acceptors (Lipinski definition) is 3. The normalized spacial score (nSPS) is 23.4. The monoisotopic (exact) mass is 260 g/mol. The SMILES string of the molecule is Cc1ccc2nc(C3NCCCC3(C)C)sc2c1. The fourth-order valence-corrected chi connectivity index (χ4v) is 4.16. The van der Waals surface area contributed by atoms with Gasteiger partial charge in [0.05, 0.1) is 16.3 Å². The molecule has 18 heavy (non-hydrogen) atoms. The van der Waals surface area contributed by atoms with Gasteiger partial charge in [-0.3, -0.25) is 0 Å². The predicted octanol–water partition coefficient (Wildman–Crippen LogP) is 4.06. The molecule has 0 saturated carbocycles. The van der Waals surface area contributed by atoms with E-state index >= 15 is 0 Å². The first-order valence-corrected chi connectivity index (χ1v) is 7.48. The highest BCUT2D eigenvalue weighted by Gasteiger charge is 2.35. The number of nitrogens with one attached hydrogen (secondary N) is 1. The van der Waals surface area contributed by atoms with Crippen LogP contribution < -0.4 is 5.32 Å². The lowest BCUT2D eigenvalue weighted by molar-refractivity contribution is 0.181. The molecule has 2 nitrogen and oxygen atoms in total. The molecule has 0 radical (unpaired) electrons. The largest absolute Gasteiger partial charge is 0.307 e. The topological polar surface area (TPSA) is 24.9 Å². The van der Waals surface area contributed by atoms with Crippen molar-refractivity contribution in [1.29, 1.82) is 0 Å². The summed E-state index contributed by atoms with van der Waals surface area (Å²) in [6.07, 6.45) is 2.55. The Kier molecular flexibility index (Phi) is 2.91. The molecule has 96 valence electrons. The standard InChI is InChI=1S/C15H20N2S/c1-10-5-6-11-12(9-10)18-14(17-11)13-15(2,3)7-4-8-16-13/h5-6,9,13,16H,4,7-8H2,1-3H3. The number of piperidine rings is 1. The van der Waals surface area contributed by atoms with E-state index in [1.807, 2.05) is 11.3 Å². The summed E-state index contributed by atoms with van der Waals surface area (Å²) in [7, 11) is 0. The first-order valence-electron chi connectivity index (χ1n) is 6.67. The second kappa shape index (κ2) is 4.32. The van der Waals surface area contributed by atoms with Crippen LogP contribution in [-0.2, 0) is 0 Å². The zero-order chi connectivity index (χ0) is 12.8. The van der Waals surface area contributed by atoms with Crippen LogP contribution in [0.25, 0.3) is 10.2 Å². The molecule has 1 aliphatic heterocycles. The summed E-state index contributed by atoms with van der Waals surface area (Å²) in [5.74, 6) is 0. The van der Waals surface area contributed by atoms with E-state index in [2.05, 4.69) is 44.3 Å². The van der Waals surface area contributed by atoms with Crippen LogP contribution in [0.1, 0.15) is 43.3 Å². The van der Waals surface area contributed by atoms with Gasteiger partial charge in [0.25, 0.3) is 0 Å². The molecule has 1 aliphatic rings. The second-order valence-corrected chi connectivity index (χ2v) is 7.06. The van der Waals surface area contributed by atoms with E-state index in [0.29, 0.717) is 11.5 Å². The molecule has 1 N–H and O–H groups in total. The molecule has 1 aromatic heterocycles. The van der Waals surface area contributed by atoms with Crippen molar-refractivity contribution >= 4 is 21.6 Å². The maximum atomic E-state index is 4.83. The van der Waals surface area contributed by atoms with Crippen molar-refractivity contribution in [2.45, 2.75) is 39.7 Å². The quantitative estimate of drug-likeness (QED) is 0.836. The molecule has 1 unspecified atom stereocenters. The Morgan fingerprint density at radius 3 is 3.00 bits per heavy atom. The summed E-state index contributed by atoms with van der Waals surface area (Å²) >= 11 is 1.85. The Labute approximate surface area is 112 Å². The Balaban J connectivity index is 2.03. The number of fused-ring (bicyclic) bond motifs is 1. The van der Waals surface area contributed by atoms with Gasteiger partial charge in [-0.15, -0.1) is 11.3 Å². The molecule has 0 amide bonds. The van der Waals surface area contributed by atoms with Gasteiger partial charge >= 0.3 is 0 Å². The van der Waals surface area contributed by atoms with Crippen LogP contribution in [-0.4, -0.2) is 11.5 Å². The smallest absolute Gasteiger partial charge is 0.111 e. The Hall–Kier alpha value is -0.930. The molecule has 3 heteroatoms. The summed E-state index contributed by atoms with van der Waals surface area (Å²) in [6, 6.07) is 6.93. The third kappa shape index (κ3) is 2.06. The minimum atomic E-state index is 0.307. The van der Waals surface area contributed by atoms with Gasteiger partial charge in [-0.2, -0.15) is 0 Å². The van der Waals surface area contributed by atoms with Crippen LogP contribution in [0.15, 0.2) is 18.2 Å². The molecular formula is C15H20N2S. The van der Waals surface area contributed by atoms with Gasteiger partial charge in [-0.1, -0.05) is 19.9 Å². The van der Waals surface area contributed by atoms with E-state index in [4.69, 9.17) is 4.98 Å². The molecule has 1 aromatic carbocycles. The van der Waals surface area contributed by atoms with Crippen LogP contribution in [0.2, 0.25) is 0 Å². The Bertz CT molecular complexity index is 571. The van der Waals surface area contributed by atoms with Crippen LogP contribution in [0.3, 0.4) is 0 Å². The second-order valence-electron chi connectivity index (χ2n) is 6.00. The summed E-state index contributed by atoms with van der Waals surface area (Å²) in [5.41, 5.74) is 2.76. The summed E-state index contributed by atoms with van der Waals surface area (Å²) in [5, 5.41) is 4.90. The molecule has 2 aromatic rings. The number of aryl methyl sites for hydroxylation is 1. The molecule has 1 atom stereocenters. The zero-order valence-corrected chi connectivity index (χ0v) is 12.1. The molecule has 1 fully saturated rings. The van der Waals surface area contributed by atoms with Crippen LogP contribution in [0.5, 0.6) is 0 Å². The minimum absolute atomic E-state index is 0.307. The zero-order valence-electron chi connectivity index (χ0n) is 11.3. The third-order valence-corrected chi connectivity index (χ3v) is 5.02. The maximum Gasteiger partial charge on any atom is 0.111 e. The van der Waals surface area contributed by atoms with E-state index in [1.165, 1.54) is 28.1 Å². The summed E-state index contributed by atoms with van der Waals surface area (Å²) in [4.78, 5) is 4.83. The number of rotatable bonds is 1. The number of nitrogens with zero attached hydrogens (tertiary/aromatic N) is 1. The van der Waals surface area contributed by atoms with Gasteiger partial charge in [0.1, 0.15) is 5.01 Å². The molecule has 1 saturated heterocycles. The maximum absolute atomic E-state index is 4.83. The van der Waals surface area contributed by atoms with Gasteiger partial charge < -0.3 is 5.32 Å². The van der Waals surface area contributed by atoms with Crippen molar-refractivity contribution in [2.75, 3.05) is 6.54 Å². The molecular weight excluding hydrogens is 240 g/mol. The van der Waals surface area contributed by atoms with Gasteiger partial charge in [0, 0.05) is 0 Å². The molecule has 3 rings (SSSR count). The molecule has 2 heterocycles. The van der Waals surface area contributed by atoms with Crippen molar-refractivity contribution in [3.63, 3.8) is 0 Å². The molecule has 0 spiro atoms. The summed E-state index contributed by atoms with van der Waals surface area (Å²) in [6.45, 7) is 7.95. The first-order chi connectivity index (χ1) is 8.56. The number of hydrogen-bond donors (Lipinski definition) is 1. The lowest BCUT2D eigenvalue weighted by atomic mass is 9.78. The van der Waals surface area contributed by atoms with Crippen molar-refractivity contribution in [3.8, 4) is 0 Å². The van der Waals surface area contributed by atoms with Gasteiger partial charge in [-0.25, -0.2) is 4.98 Å². The highest BCUT2D eigenvalue weighted by Crippen LogP contribution is 2.42. The highest BCUT2D eigenvalue weighted by molar-refractivity contribution is 7.18. The lowest BCUT2D eigenvalue weighted by Gasteiger charge is -2.38. The van der Waals surface area contributed by atoms with Gasteiger partial charge in [0.15, 0.2) is 0 Å². The van der Waals surface area contributed by atoms with E-state index in [9.17, 15) is 0 Å². The van der Waals surface area contributed by atoms with E-state index in [0.717, 1.165) is 12.1 Å².